The molecular weight excluding hydrogens is 402 g/mol. The normalized spacial score (nSPS) is 11.1. The van der Waals surface area contributed by atoms with Crippen molar-refractivity contribution < 1.29 is 0 Å². The van der Waals surface area contributed by atoms with Crippen LogP contribution in [0.5, 0.6) is 0 Å². The quantitative estimate of drug-likeness (QED) is 0.467. The lowest BCUT2D eigenvalue weighted by Crippen LogP contribution is -2.03. The summed E-state index contributed by atoms with van der Waals surface area (Å²) in [6.07, 6.45) is 5.17. The highest BCUT2D eigenvalue weighted by Crippen LogP contribution is 2.22. The summed E-state index contributed by atoms with van der Waals surface area (Å²) in [5.41, 5.74) is 4.03. The van der Waals surface area contributed by atoms with E-state index in [0.717, 1.165) is 22.6 Å². The third kappa shape index (κ3) is 3.58. The van der Waals surface area contributed by atoms with Crippen LogP contribution >= 0.6 is 11.6 Å². The highest BCUT2D eigenvalue weighted by Gasteiger charge is 2.11. The number of aromatic nitrogens is 8. The number of fused-ring (bicyclic) bond motifs is 1. The van der Waals surface area contributed by atoms with E-state index in [1.165, 1.54) is 0 Å². The Morgan fingerprint density at radius 1 is 1.03 bits per heavy atom. The Kier molecular flexibility index (Phi) is 4.56. The molecule has 0 spiro atoms. The van der Waals surface area contributed by atoms with Crippen LogP contribution in [-0.4, -0.2) is 39.7 Å². The number of aryl methyl sites for hydroxylation is 1. The van der Waals surface area contributed by atoms with Crippen LogP contribution in [0.25, 0.3) is 22.4 Å². The monoisotopic (exact) mass is 417 g/mol. The summed E-state index contributed by atoms with van der Waals surface area (Å²) < 4.78 is 3.47. The van der Waals surface area contributed by atoms with E-state index in [-0.39, 0.29) is 0 Å². The largest absolute Gasteiger partial charge is 0.309 e. The molecule has 0 saturated carbocycles. The standard InChI is InChI=1S/C20H16ClN9/c1-29-18(7-9-24-29)26-20-22-8-6-16(25-20)14-10-17-19(23-11-14)30(28-27-17)12-13-2-4-15(21)5-3-13/h2-11H,12H2,1H3,(H,22,25,26). The van der Waals surface area contributed by atoms with Crippen molar-refractivity contribution in [1.29, 1.82) is 0 Å². The van der Waals surface area contributed by atoms with Gasteiger partial charge in [0.1, 0.15) is 11.3 Å². The second kappa shape index (κ2) is 7.53. The minimum Gasteiger partial charge on any atom is -0.309 e. The summed E-state index contributed by atoms with van der Waals surface area (Å²) in [6.45, 7) is 0.562. The Bertz CT molecular complexity index is 1320. The lowest BCUT2D eigenvalue weighted by molar-refractivity contribution is 0.664. The Morgan fingerprint density at radius 3 is 2.70 bits per heavy atom. The molecule has 1 N–H and O–H groups in total. The van der Waals surface area contributed by atoms with Gasteiger partial charge < -0.3 is 5.32 Å². The Morgan fingerprint density at radius 2 is 1.90 bits per heavy atom. The molecule has 148 valence electrons. The molecule has 5 rings (SSSR count). The molecule has 0 atom stereocenters. The maximum Gasteiger partial charge on any atom is 0.228 e. The molecule has 30 heavy (non-hydrogen) atoms. The highest BCUT2D eigenvalue weighted by molar-refractivity contribution is 6.30. The molecular formula is C20H16ClN9. The number of nitrogens with zero attached hydrogens (tertiary/aromatic N) is 8. The van der Waals surface area contributed by atoms with Gasteiger partial charge in [0.2, 0.25) is 5.95 Å². The molecule has 4 aromatic heterocycles. The molecule has 0 aliphatic rings. The van der Waals surface area contributed by atoms with Gasteiger partial charge >= 0.3 is 0 Å². The van der Waals surface area contributed by atoms with Crippen LogP contribution in [0.3, 0.4) is 0 Å². The average Bonchev–Trinajstić information content (AvgIpc) is 3.35. The molecule has 5 aromatic rings. The number of anilines is 2. The van der Waals surface area contributed by atoms with Crippen LogP contribution in [0.15, 0.2) is 61.1 Å². The van der Waals surface area contributed by atoms with Crippen molar-refractivity contribution in [1.82, 2.24) is 39.7 Å². The van der Waals surface area contributed by atoms with Crippen molar-refractivity contribution in [3.05, 3.63) is 71.6 Å². The van der Waals surface area contributed by atoms with Gasteiger partial charge in [0, 0.05) is 36.1 Å². The minimum atomic E-state index is 0.475. The fourth-order valence-electron chi connectivity index (χ4n) is 3.06. The predicted molar refractivity (Wildman–Crippen MR) is 113 cm³/mol. The molecule has 4 heterocycles. The number of benzene rings is 1. The average molecular weight is 418 g/mol. The Hall–Kier alpha value is -3.85. The highest BCUT2D eigenvalue weighted by atomic mass is 35.5. The van der Waals surface area contributed by atoms with E-state index in [2.05, 4.69) is 35.7 Å². The van der Waals surface area contributed by atoms with E-state index in [4.69, 9.17) is 11.6 Å². The maximum absolute atomic E-state index is 5.96. The summed E-state index contributed by atoms with van der Waals surface area (Å²) in [7, 11) is 1.84. The van der Waals surface area contributed by atoms with E-state index >= 15 is 0 Å². The Balaban J connectivity index is 1.42. The molecule has 0 bridgehead atoms. The first-order valence-corrected chi connectivity index (χ1v) is 9.56. The molecule has 0 saturated heterocycles. The minimum absolute atomic E-state index is 0.475. The summed E-state index contributed by atoms with van der Waals surface area (Å²) >= 11 is 5.96. The van der Waals surface area contributed by atoms with E-state index in [9.17, 15) is 0 Å². The molecule has 10 heteroatoms. The summed E-state index contributed by atoms with van der Waals surface area (Å²) in [5.74, 6) is 1.27. The third-order valence-corrected chi connectivity index (χ3v) is 4.86. The first kappa shape index (κ1) is 18.2. The molecule has 0 radical (unpaired) electrons. The van der Waals surface area contributed by atoms with E-state index in [0.29, 0.717) is 28.7 Å². The van der Waals surface area contributed by atoms with Gasteiger partial charge in [-0.3, -0.25) is 4.68 Å². The zero-order valence-electron chi connectivity index (χ0n) is 15.9. The maximum atomic E-state index is 5.96. The number of nitrogens with one attached hydrogen (secondary N) is 1. The first-order chi connectivity index (χ1) is 14.7. The number of hydrogen-bond acceptors (Lipinski definition) is 7. The van der Waals surface area contributed by atoms with Gasteiger partial charge in [-0.05, 0) is 29.8 Å². The molecule has 1 aromatic carbocycles. The van der Waals surface area contributed by atoms with Crippen molar-refractivity contribution in [2.24, 2.45) is 7.05 Å². The number of hydrogen-bond donors (Lipinski definition) is 1. The van der Waals surface area contributed by atoms with Crippen LogP contribution in [0.4, 0.5) is 11.8 Å². The summed E-state index contributed by atoms with van der Waals surface area (Å²) in [6, 6.07) is 13.2. The van der Waals surface area contributed by atoms with E-state index in [1.54, 1.807) is 28.0 Å². The van der Waals surface area contributed by atoms with E-state index < -0.39 is 0 Å². The zero-order chi connectivity index (χ0) is 20.5. The fraction of sp³-hybridized carbons (Fsp3) is 0.100. The van der Waals surface area contributed by atoms with Crippen molar-refractivity contribution in [3.63, 3.8) is 0 Å². The third-order valence-electron chi connectivity index (χ3n) is 4.61. The second-order valence-corrected chi connectivity index (χ2v) is 7.11. The van der Waals surface area contributed by atoms with Gasteiger partial charge in [-0.15, -0.1) is 5.10 Å². The zero-order valence-corrected chi connectivity index (χ0v) is 16.7. The van der Waals surface area contributed by atoms with Crippen molar-refractivity contribution in [3.8, 4) is 11.3 Å². The predicted octanol–water partition coefficient (Wildman–Crippen LogP) is 3.46. The molecule has 0 amide bonds. The number of pyridine rings is 1. The van der Waals surface area contributed by atoms with Gasteiger partial charge in [0.15, 0.2) is 5.65 Å². The molecule has 0 fully saturated rings. The molecule has 0 aliphatic carbocycles. The van der Waals surface area contributed by atoms with Crippen LogP contribution in [-0.2, 0) is 13.6 Å². The number of rotatable bonds is 5. The van der Waals surface area contributed by atoms with Gasteiger partial charge in [-0.1, -0.05) is 28.9 Å². The lowest BCUT2D eigenvalue weighted by Gasteiger charge is -2.07. The molecule has 9 nitrogen and oxygen atoms in total. The SMILES string of the molecule is Cn1nccc1Nc1nccc(-c2cnc3c(c2)nnn3Cc2ccc(Cl)cc2)n1. The van der Waals surface area contributed by atoms with Gasteiger partial charge in [0.05, 0.1) is 18.4 Å². The van der Waals surface area contributed by atoms with Gasteiger partial charge in [-0.25, -0.2) is 19.6 Å². The van der Waals surface area contributed by atoms with Crippen LogP contribution < -0.4 is 5.32 Å². The molecule has 0 aliphatic heterocycles. The van der Waals surface area contributed by atoms with Crippen LogP contribution in [0.1, 0.15) is 5.56 Å². The Labute approximate surface area is 176 Å². The second-order valence-electron chi connectivity index (χ2n) is 6.67. The topological polar surface area (TPSA) is 99.2 Å². The lowest BCUT2D eigenvalue weighted by atomic mass is 10.2. The summed E-state index contributed by atoms with van der Waals surface area (Å²) in [5, 5.41) is 16.5. The molecule has 0 unspecified atom stereocenters. The smallest absolute Gasteiger partial charge is 0.228 e. The van der Waals surface area contributed by atoms with E-state index in [1.807, 2.05) is 49.5 Å². The van der Waals surface area contributed by atoms with Crippen LogP contribution in [0, 0.1) is 0 Å². The first-order valence-electron chi connectivity index (χ1n) is 9.18. The van der Waals surface area contributed by atoms with Gasteiger partial charge in [0.25, 0.3) is 0 Å². The van der Waals surface area contributed by atoms with Crippen molar-refractivity contribution in [2.45, 2.75) is 6.54 Å². The number of halogens is 1. The fourth-order valence-corrected chi connectivity index (χ4v) is 3.19. The van der Waals surface area contributed by atoms with Crippen molar-refractivity contribution >= 4 is 34.5 Å². The van der Waals surface area contributed by atoms with Crippen molar-refractivity contribution in [2.75, 3.05) is 5.32 Å². The van der Waals surface area contributed by atoms with Crippen LogP contribution in [0.2, 0.25) is 5.02 Å². The summed E-state index contributed by atoms with van der Waals surface area (Å²) in [4.78, 5) is 13.4. The van der Waals surface area contributed by atoms with Gasteiger partial charge in [-0.2, -0.15) is 5.10 Å².